The fourth-order valence-electron chi connectivity index (χ4n) is 1.67. The number of carbonyl (C=O) groups is 1. The number of rotatable bonds is 2. The molecule has 0 unspecified atom stereocenters. The number of amides is 1. The Morgan fingerprint density at radius 3 is 2.50 bits per heavy atom. The van der Waals surface area contributed by atoms with Gasteiger partial charge >= 0.3 is 0 Å². The Morgan fingerprint density at radius 1 is 1.20 bits per heavy atom. The maximum atomic E-state index is 13.2. The van der Waals surface area contributed by atoms with E-state index in [1.807, 2.05) is 19.1 Å². The number of hydrogen-bond acceptors (Lipinski definition) is 2. The highest BCUT2D eigenvalue weighted by atomic mass is 79.9. The highest BCUT2D eigenvalue weighted by Crippen LogP contribution is 2.25. The fraction of sp³-hybridized carbons (Fsp3) is 0.0714. The Morgan fingerprint density at radius 2 is 1.85 bits per heavy atom. The summed E-state index contributed by atoms with van der Waals surface area (Å²) >= 11 is 3.31. The van der Waals surface area contributed by atoms with Gasteiger partial charge in [-0.25, -0.2) is 8.78 Å². The van der Waals surface area contributed by atoms with Gasteiger partial charge in [-0.1, -0.05) is 6.07 Å². The lowest BCUT2D eigenvalue weighted by Gasteiger charge is -2.10. The van der Waals surface area contributed by atoms with Crippen molar-refractivity contribution in [3.05, 3.63) is 57.6 Å². The molecule has 0 aliphatic carbocycles. The summed E-state index contributed by atoms with van der Waals surface area (Å²) in [5.74, 6) is -2.81. The summed E-state index contributed by atoms with van der Waals surface area (Å²) in [4.78, 5) is 12.0. The predicted molar refractivity (Wildman–Crippen MR) is 77.6 cm³/mol. The third-order valence-corrected chi connectivity index (χ3v) is 3.37. The normalized spacial score (nSPS) is 10.4. The number of hydrogen-bond donors (Lipinski definition) is 2. The van der Waals surface area contributed by atoms with Gasteiger partial charge in [0.25, 0.3) is 5.91 Å². The van der Waals surface area contributed by atoms with E-state index in [0.29, 0.717) is 10.2 Å². The first-order valence-corrected chi connectivity index (χ1v) is 6.50. The Labute approximate surface area is 122 Å². The van der Waals surface area contributed by atoms with Crippen LogP contribution in [0.3, 0.4) is 0 Å². The van der Waals surface area contributed by atoms with Gasteiger partial charge in [0.15, 0.2) is 11.6 Å². The number of benzene rings is 2. The van der Waals surface area contributed by atoms with Crippen LogP contribution in [0.5, 0.6) is 0 Å². The number of anilines is 2. The molecule has 0 bridgehead atoms. The van der Waals surface area contributed by atoms with Crippen molar-refractivity contribution in [2.45, 2.75) is 6.92 Å². The zero-order valence-electron chi connectivity index (χ0n) is 10.5. The third kappa shape index (κ3) is 2.96. The van der Waals surface area contributed by atoms with Crippen LogP contribution in [0.2, 0.25) is 0 Å². The monoisotopic (exact) mass is 340 g/mol. The topological polar surface area (TPSA) is 55.1 Å². The van der Waals surface area contributed by atoms with Crippen LogP contribution in [0.15, 0.2) is 34.8 Å². The molecular weight excluding hydrogens is 330 g/mol. The van der Waals surface area contributed by atoms with Crippen LogP contribution in [-0.2, 0) is 0 Å². The first-order valence-electron chi connectivity index (χ1n) is 5.70. The highest BCUT2D eigenvalue weighted by molar-refractivity contribution is 9.10. The summed E-state index contributed by atoms with van der Waals surface area (Å²) < 4.78 is 26.8. The molecule has 0 fully saturated rings. The van der Waals surface area contributed by atoms with Crippen LogP contribution in [0.1, 0.15) is 15.9 Å². The molecule has 0 aliphatic heterocycles. The maximum absolute atomic E-state index is 13.2. The molecule has 20 heavy (non-hydrogen) atoms. The molecule has 1 amide bonds. The van der Waals surface area contributed by atoms with Crippen LogP contribution < -0.4 is 11.1 Å². The third-order valence-electron chi connectivity index (χ3n) is 2.71. The van der Waals surface area contributed by atoms with E-state index >= 15 is 0 Å². The molecule has 0 aliphatic rings. The smallest absolute Gasteiger partial charge is 0.257 e. The summed E-state index contributed by atoms with van der Waals surface area (Å²) in [5.41, 5.74) is 6.83. The maximum Gasteiger partial charge on any atom is 0.257 e. The molecule has 3 nitrogen and oxygen atoms in total. The average Bonchev–Trinajstić information content (AvgIpc) is 2.37. The minimum Gasteiger partial charge on any atom is -0.398 e. The van der Waals surface area contributed by atoms with Crippen molar-refractivity contribution in [2.24, 2.45) is 0 Å². The minimum atomic E-state index is -1.12. The number of nitrogens with one attached hydrogen (secondary N) is 1. The van der Waals surface area contributed by atoms with E-state index in [0.717, 1.165) is 17.7 Å². The van der Waals surface area contributed by atoms with Crippen LogP contribution >= 0.6 is 15.9 Å². The summed E-state index contributed by atoms with van der Waals surface area (Å²) in [6.07, 6.45) is 0. The van der Waals surface area contributed by atoms with E-state index in [1.54, 1.807) is 6.07 Å². The largest absolute Gasteiger partial charge is 0.398 e. The van der Waals surface area contributed by atoms with Crippen molar-refractivity contribution >= 4 is 33.2 Å². The van der Waals surface area contributed by atoms with Gasteiger partial charge in [0.05, 0.1) is 11.3 Å². The highest BCUT2D eigenvalue weighted by Gasteiger charge is 2.15. The van der Waals surface area contributed by atoms with Crippen molar-refractivity contribution in [2.75, 3.05) is 11.1 Å². The first-order chi connectivity index (χ1) is 9.38. The number of carbonyl (C=O) groups excluding carboxylic acids is 1. The van der Waals surface area contributed by atoms with Crippen molar-refractivity contribution in [1.29, 1.82) is 0 Å². The molecule has 0 saturated carbocycles. The van der Waals surface area contributed by atoms with Crippen molar-refractivity contribution in [3.8, 4) is 0 Å². The van der Waals surface area contributed by atoms with E-state index in [1.165, 1.54) is 0 Å². The molecule has 0 saturated heterocycles. The van der Waals surface area contributed by atoms with Crippen LogP contribution in [0.4, 0.5) is 20.2 Å². The van der Waals surface area contributed by atoms with Crippen molar-refractivity contribution in [3.63, 3.8) is 0 Å². The van der Waals surface area contributed by atoms with Gasteiger partial charge in [-0.2, -0.15) is 0 Å². The Bertz CT molecular complexity index is 689. The second-order valence-electron chi connectivity index (χ2n) is 4.29. The average molecular weight is 341 g/mol. The van der Waals surface area contributed by atoms with Gasteiger partial charge in [-0.15, -0.1) is 0 Å². The second kappa shape index (κ2) is 5.58. The molecule has 2 aromatic carbocycles. The molecule has 0 radical (unpaired) electrons. The van der Waals surface area contributed by atoms with E-state index < -0.39 is 17.5 Å². The van der Waals surface area contributed by atoms with Gasteiger partial charge < -0.3 is 11.1 Å². The van der Waals surface area contributed by atoms with E-state index in [4.69, 9.17) is 5.73 Å². The van der Waals surface area contributed by atoms with Crippen LogP contribution in [0.25, 0.3) is 0 Å². The lowest BCUT2D eigenvalue weighted by Crippen LogP contribution is -2.15. The lowest BCUT2D eigenvalue weighted by molar-refractivity contribution is 0.102. The Kier molecular flexibility index (Phi) is 4.04. The molecular formula is C14H11BrF2N2O. The second-order valence-corrected chi connectivity index (χ2v) is 5.15. The predicted octanol–water partition coefficient (Wildman–Crippen LogP) is 3.87. The SMILES string of the molecule is Cc1ccc(NC(=O)c2cc(F)c(F)cc2N)c(Br)c1. The van der Waals surface area contributed by atoms with Gasteiger partial charge in [-0.05, 0) is 46.6 Å². The van der Waals surface area contributed by atoms with Gasteiger partial charge in [0, 0.05) is 16.2 Å². The quantitative estimate of drug-likeness (QED) is 0.815. The molecule has 104 valence electrons. The lowest BCUT2D eigenvalue weighted by atomic mass is 10.1. The minimum absolute atomic E-state index is 0.114. The molecule has 0 aromatic heterocycles. The van der Waals surface area contributed by atoms with Gasteiger partial charge in [0.1, 0.15) is 0 Å². The standard InChI is InChI=1S/C14H11BrF2N2O/c1-7-2-3-13(9(15)4-7)19-14(20)8-5-10(16)11(17)6-12(8)18/h2-6H,18H2,1H3,(H,19,20). The van der Waals surface area contributed by atoms with Crippen molar-refractivity contribution < 1.29 is 13.6 Å². The molecule has 0 heterocycles. The first kappa shape index (κ1) is 14.5. The van der Waals surface area contributed by atoms with E-state index in [-0.39, 0.29) is 11.3 Å². The number of nitrogen functional groups attached to an aromatic ring is 1. The summed E-state index contributed by atoms with van der Waals surface area (Å²) in [6.45, 7) is 1.91. The zero-order chi connectivity index (χ0) is 14.9. The summed E-state index contributed by atoms with van der Waals surface area (Å²) in [5, 5.41) is 2.59. The Hall–Kier alpha value is -1.95. The van der Waals surface area contributed by atoms with Gasteiger partial charge in [-0.3, -0.25) is 4.79 Å². The molecule has 0 spiro atoms. The summed E-state index contributed by atoms with van der Waals surface area (Å²) in [7, 11) is 0. The van der Waals surface area contributed by atoms with Crippen molar-refractivity contribution in [1.82, 2.24) is 0 Å². The Balaban J connectivity index is 2.31. The molecule has 6 heteroatoms. The molecule has 0 atom stereocenters. The van der Waals surface area contributed by atoms with Gasteiger partial charge in [0.2, 0.25) is 0 Å². The summed E-state index contributed by atoms with van der Waals surface area (Å²) in [6, 6.07) is 6.91. The van der Waals surface area contributed by atoms with E-state index in [9.17, 15) is 13.6 Å². The van der Waals surface area contributed by atoms with Crippen LogP contribution in [-0.4, -0.2) is 5.91 Å². The number of nitrogens with two attached hydrogens (primary N) is 1. The molecule has 2 rings (SSSR count). The fourth-order valence-corrected chi connectivity index (χ4v) is 2.26. The molecule has 3 N–H and O–H groups in total. The zero-order valence-corrected chi connectivity index (χ0v) is 12.1. The van der Waals surface area contributed by atoms with Crippen LogP contribution in [0, 0.1) is 18.6 Å². The number of aryl methyl sites for hydroxylation is 1. The molecule has 2 aromatic rings. The number of halogens is 3. The van der Waals surface area contributed by atoms with E-state index in [2.05, 4.69) is 21.2 Å².